The molecule has 0 saturated carbocycles. The highest BCUT2D eigenvalue weighted by atomic mass is 16.5. The summed E-state index contributed by atoms with van der Waals surface area (Å²) in [6.07, 6.45) is 2.33. The molecular formula is C8H12NO3. The van der Waals surface area contributed by atoms with Crippen LogP contribution in [0.15, 0.2) is 0 Å². The molecule has 1 amide bonds. The second-order valence-corrected chi connectivity index (χ2v) is 2.77. The Morgan fingerprint density at radius 1 is 1.58 bits per heavy atom. The molecule has 4 heteroatoms. The standard InChI is InChI=1S/C8H12NO3/c10-7-12-6-2-5-9-4-1-3-8(9)11/h1-6H2. The predicted molar refractivity (Wildman–Crippen MR) is 42.1 cm³/mol. The van der Waals surface area contributed by atoms with Crippen molar-refractivity contribution in [2.75, 3.05) is 19.7 Å². The van der Waals surface area contributed by atoms with Crippen LogP contribution in [0.2, 0.25) is 0 Å². The fourth-order valence-electron chi connectivity index (χ4n) is 1.31. The molecule has 4 nitrogen and oxygen atoms in total. The molecule has 1 rings (SSSR count). The monoisotopic (exact) mass is 170 g/mol. The van der Waals surface area contributed by atoms with Gasteiger partial charge >= 0.3 is 6.47 Å². The fraction of sp³-hybridized carbons (Fsp3) is 0.750. The van der Waals surface area contributed by atoms with Crippen molar-refractivity contribution >= 4 is 12.4 Å². The Labute approximate surface area is 71.5 Å². The van der Waals surface area contributed by atoms with E-state index in [1.54, 1.807) is 4.90 Å². The molecule has 0 aromatic heterocycles. The van der Waals surface area contributed by atoms with Crippen LogP contribution in [0.25, 0.3) is 0 Å². The van der Waals surface area contributed by atoms with Gasteiger partial charge in [-0.05, 0) is 12.8 Å². The molecular weight excluding hydrogens is 158 g/mol. The minimum absolute atomic E-state index is 0.213. The van der Waals surface area contributed by atoms with Crippen LogP contribution < -0.4 is 0 Å². The number of hydrogen-bond acceptors (Lipinski definition) is 3. The normalized spacial score (nSPS) is 16.7. The summed E-state index contributed by atoms with van der Waals surface area (Å²) in [7, 11) is 0. The molecule has 0 unspecified atom stereocenters. The van der Waals surface area contributed by atoms with Gasteiger partial charge in [0.05, 0.1) is 6.61 Å². The highest BCUT2D eigenvalue weighted by molar-refractivity contribution is 5.77. The summed E-state index contributed by atoms with van der Waals surface area (Å²) in [5, 5.41) is 0. The third kappa shape index (κ3) is 2.53. The van der Waals surface area contributed by atoms with E-state index < -0.39 is 0 Å². The molecule has 0 atom stereocenters. The van der Waals surface area contributed by atoms with E-state index in [-0.39, 0.29) is 5.91 Å². The van der Waals surface area contributed by atoms with Crippen LogP contribution in [-0.4, -0.2) is 37.0 Å². The molecule has 67 valence electrons. The first kappa shape index (κ1) is 9.03. The molecule has 1 aliphatic rings. The molecule has 0 spiro atoms. The first-order valence-corrected chi connectivity index (χ1v) is 4.11. The third-order valence-corrected chi connectivity index (χ3v) is 1.90. The second kappa shape index (κ2) is 4.74. The van der Waals surface area contributed by atoms with Crippen molar-refractivity contribution in [3.8, 4) is 0 Å². The second-order valence-electron chi connectivity index (χ2n) is 2.77. The average Bonchev–Trinajstić information content (AvgIpc) is 2.46. The Hall–Kier alpha value is -1.06. The van der Waals surface area contributed by atoms with E-state index in [1.165, 1.54) is 6.47 Å². The van der Waals surface area contributed by atoms with E-state index in [1.807, 2.05) is 0 Å². The lowest BCUT2D eigenvalue weighted by molar-refractivity contribution is -0.127. The number of hydrogen-bond donors (Lipinski definition) is 0. The van der Waals surface area contributed by atoms with Crippen molar-refractivity contribution in [2.45, 2.75) is 19.3 Å². The molecule has 1 aliphatic heterocycles. The summed E-state index contributed by atoms with van der Waals surface area (Å²) in [5.74, 6) is 0.213. The summed E-state index contributed by atoms with van der Waals surface area (Å²) in [6.45, 7) is 3.25. The Kier molecular flexibility index (Phi) is 3.57. The number of carbonyl (C=O) groups excluding carboxylic acids is 2. The topological polar surface area (TPSA) is 46.6 Å². The van der Waals surface area contributed by atoms with Gasteiger partial charge in [0.1, 0.15) is 0 Å². The average molecular weight is 170 g/mol. The highest BCUT2D eigenvalue weighted by Gasteiger charge is 2.18. The lowest BCUT2D eigenvalue weighted by Gasteiger charge is -2.13. The summed E-state index contributed by atoms with van der Waals surface area (Å²) in [4.78, 5) is 22.5. The first-order valence-electron chi connectivity index (χ1n) is 4.11. The van der Waals surface area contributed by atoms with Gasteiger partial charge in [-0.2, -0.15) is 0 Å². The van der Waals surface area contributed by atoms with Crippen molar-refractivity contribution in [1.82, 2.24) is 4.90 Å². The van der Waals surface area contributed by atoms with Crippen LogP contribution in [0.4, 0.5) is 0 Å². The van der Waals surface area contributed by atoms with Gasteiger partial charge in [0.2, 0.25) is 5.91 Å². The van der Waals surface area contributed by atoms with Gasteiger partial charge in [-0.1, -0.05) is 0 Å². The maximum atomic E-state index is 11.0. The predicted octanol–water partition coefficient (Wildman–Crippen LogP) is 0.0827. The Balaban J connectivity index is 2.06. The Morgan fingerprint density at radius 3 is 3.00 bits per heavy atom. The first-order chi connectivity index (χ1) is 5.84. The van der Waals surface area contributed by atoms with Crippen molar-refractivity contribution < 1.29 is 14.3 Å². The zero-order chi connectivity index (χ0) is 8.81. The van der Waals surface area contributed by atoms with Crippen LogP contribution in [0.1, 0.15) is 19.3 Å². The van der Waals surface area contributed by atoms with Gasteiger partial charge in [0.15, 0.2) is 0 Å². The number of ether oxygens (including phenoxy) is 1. The largest absolute Gasteiger partial charge is 0.457 e. The molecule has 0 bridgehead atoms. The van der Waals surface area contributed by atoms with Crippen LogP contribution >= 0.6 is 0 Å². The van der Waals surface area contributed by atoms with Gasteiger partial charge in [0, 0.05) is 19.5 Å². The number of rotatable bonds is 5. The quantitative estimate of drug-likeness (QED) is 0.549. The molecule has 1 radical (unpaired) electrons. The lowest BCUT2D eigenvalue weighted by atomic mass is 10.4. The van der Waals surface area contributed by atoms with Crippen LogP contribution in [0, 0.1) is 0 Å². The van der Waals surface area contributed by atoms with E-state index in [2.05, 4.69) is 4.74 Å². The summed E-state index contributed by atoms with van der Waals surface area (Å²) < 4.78 is 4.39. The van der Waals surface area contributed by atoms with Crippen molar-refractivity contribution in [3.05, 3.63) is 0 Å². The van der Waals surface area contributed by atoms with Gasteiger partial charge < -0.3 is 9.64 Å². The smallest absolute Gasteiger partial charge is 0.417 e. The SMILES string of the molecule is O=[C]OCCCN1CCCC1=O. The number of amides is 1. The zero-order valence-electron chi connectivity index (χ0n) is 6.91. The highest BCUT2D eigenvalue weighted by Crippen LogP contribution is 2.09. The minimum atomic E-state index is 0.213. The molecule has 0 aromatic carbocycles. The Morgan fingerprint density at radius 2 is 2.42 bits per heavy atom. The molecule has 0 N–H and O–H groups in total. The molecule has 12 heavy (non-hydrogen) atoms. The van der Waals surface area contributed by atoms with Gasteiger partial charge in [0.25, 0.3) is 0 Å². The lowest BCUT2D eigenvalue weighted by Crippen LogP contribution is -2.26. The third-order valence-electron chi connectivity index (χ3n) is 1.90. The van der Waals surface area contributed by atoms with E-state index in [0.717, 1.165) is 13.0 Å². The number of nitrogens with zero attached hydrogens (tertiary/aromatic N) is 1. The van der Waals surface area contributed by atoms with E-state index in [0.29, 0.717) is 26.0 Å². The van der Waals surface area contributed by atoms with Crippen molar-refractivity contribution in [1.29, 1.82) is 0 Å². The van der Waals surface area contributed by atoms with E-state index in [9.17, 15) is 9.59 Å². The van der Waals surface area contributed by atoms with Gasteiger partial charge in [-0.15, -0.1) is 0 Å². The molecule has 1 heterocycles. The maximum Gasteiger partial charge on any atom is 0.417 e. The minimum Gasteiger partial charge on any atom is -0.457 e. The van der Waals surface area contributed by atoms with Crippen LogP contribution in [0.5, 0.6) is 0 Å². The summed E-state index contributed by atoms with van der Waals surface area (Å²) in [6, 6.07) is 0. The van der Waals surface area contributed by atoms with Gasteiger partial charge in [-0.25, -0.2) is 4.79 Å². The van der Waals surface area contributed by atoms with E-state index in [4.69, 9.17) is 0 Å². The van der Waals surface area contributed by atoms with Crippen molar-refractivity contribution in [3.63, 3.8) is 0 Å². The molecule has 1 saturated heterocycles. The maximum absolute atomic E-state index is 11.0. The van der Waals surface area contributed by atoms with E-state index >= 15 is 0 Å². The van der Waals surface area contributed by atoms with Crippen molar-refractivity contribution in [2.24, 2.45) is 0 Å². The fourth-order valence-corrected chi connectivity index (χ4v) is 1.31. The van der Waals surface area contributed by atoms with Gasteiger partial charge in [-0.3, -0.25) is 4.79 Å². The number of carbonyl (C=O) groups is 1. The molecule has 1 fully saturated rings. The van der Waals surface area contributed by atoms with Crippen LogP contribution in [0.3, 0.4) is 0 Å². The summed E-state index contributed by atoms with van der Waals surface area (Å²) in [5.41, 5.74) is 0. The zero-order valence-corrected chi connectivity index (χ0v) is 6.91. The van der Waals surface area contributed by atoms with Crippen LogP contribution in [-0.2, 0) is 14.3 Å². The number of likely N-dealkylation sites (tertiary alicyclic amines) is 1. The summed E-state index contributed by atoms with van der Waals surface area (Å²) >= 11 is 0. The molecule has 0 aromatic rings. The Bertz CT molecular complexity index is 170. The molecule has 0 aliphatic carbocycles.